The fraction of sp³-hybridized carbons (Fsp3) is 0.316. The minimum absolute atomic E-state index is 0.207. The molecule has 28 heavy (non-hydrogen) atoms. The number of nitrogens with zero attached hydrogens (tertiary/aromatic N) is 3. The second kappa shape index (κ2) is 7.57. The number of anilines is 1. The Bertz CT molecular complexity index is 1060. The molecule has 0 spiro atoms. The van der Waals surface area contributed by atoms with Gasteiger partial charge in [0, 0.05) is 32.2 Å². The van der Waals surface area contributed by atoms with E-state index in [1.807, 2.05) is 24.3 Å². The van der Waals surface area contributed by atoms with Gasteiger partial charge in [0.25, 0.3) is 0 Å². The molecule has 1 aliphatic rings. The maximum Gasteiger partial charge on any atom is 0.243 e. The summed E-state index contributed by atoms with van der Waals surface area (Å²) in [6.45, 7) is 2.03. The minimum atomic E-state index is -3.60. The van der Waals surface area contributed by atoms with E-state index in [1.165, 1.54) is 24.6 Å². The molecule has 0 unspecified atom stereocenters. The summed E-state index contributed by atoms with van der Waals surface area (Å²) in [7, 11) is -0.584. The van der Waals surface area contributed by atoms with Gasteiger partial charge in [-0.25, -0.2) is 13.4 Å². The average Bonchev–Trinajstić information content (AvgIpc) is 3.17. The van der Waals surface area contributed by atoms with Gasteiger partial charge < -0.3 is 14.4 Å². The number of hydrogen-bond donors (Lipinski definition) is 0. The third-order valence-corrected chi connectivity index (χ3v) is 7.78. The van der Waals surface area contributed by atoms with Crippen LogP contribution >= 0.6 is 11.3 Å². The number of para-hydroxylation sites is 1. The number of thiazole rings is 1. The van der Waals surface area contributed by atoms with Crippen LogP contribution in [0, 0.1) is 0 Å². The lowest BCUT2D eigenvalue weighted by atomic mass is 10.3. The monoisotopic (exact) mass is 419 g/mol. The molecule has 1 fully saturated rings. The van der Waals surface area contributed by atoms with E-state index in [0.29, 0.717) is 37.7 Å². The molecule has 9 heteroatoms. The number of ether oxygens (including phenoxy) is 2. The molecule has 148 valence electrons. The summed E-state index contributed by atoms with van der Waals surface area (Å²) in [5.41, 5.74) is 0.975. The van der Waals surface area contributed by atoms with Crippen LogP contribution < -0.4 is 14.4 Å². The van der Waals surface area contributed by atoms with Crippen molar-refractivity contribution in [1.82, 2.24) is 9.29 Å². The SMILES string of the molecule is COc1ccc(S(=O)(=O)N2CCN(c3nc4ccccc4s3)CC2)cc1OC. The number of methoxy groups -OCH3 is 2. The van der Waals surface area contributed by atoms with Crippen LogP contribution in [0.1, 0.15) is 0 Å². The standard InChI is InChI=1S/C19H21N3O4S2/c1-25-16-8-7-14(13-17(16)26-2)28(23,24)22-11-9-21(10-12-22)19-20-15-5-3-4-6-18(15)27-19/h3-8,13H,9-12H2,1-2H3. The van der Waals surface area contributed by atoms with Crippen molar-refractivity contribution in [2.24, 2.45) is 0 Å². The zero-order valence-corrected chi connectivity index (χ0v) is 17.3. The minimum Gasteiger partial charge on any atom is -0.493 e. The van der Waals surface area contributed by atoms with Crippen molar-refractivity contribution in [3.8, 4) is 11.5 Å². The van der Waals surface area contributed by atoms with Crippen molar-refractivity contribution in [2.75, 3.05) is 45.3 Å². The smallest absolute Gasteiger partial charge is 0.243 e. The van der Waals surface area contributed by atoms with E-state index < -0.39 is 10.0 Å². The van der Waals surface area contributed by atoms with Crippen LogP contribution in [-0.4, -0.2) is 58.1 Å². The lowest BCUT2D eigenvalue weighted by Gasteiger charge is -2.33. The molecule has 0 amide bonds. The van der Waals surface area contributed by atoms with Crippen molar-refractivity contribution < 1.29 is 17.9 Å². The molecule has 2 heterocycles. The second-order valence-corrected chi connectivity index (χ2v) is 9.32. The molecule has 0 aliphatic carbocycles. The quantitative estimate of drug-likeness (QED) is 0.633. The maximum atomic E-state index is 13.0. The van der Waals surface area contributed by atoms with Crippen LogP contribution in [0.15, 0.2) is 47.4 Å². The summed E-state index contributed by atoms with van der Waals surface area (Å²) in [4.78, 5) is 7.02. The first-order valence-electron chi connectivity index (χ1n) is 8.85. The highest BCUT2D eigenvalue weighted by atomic mass is 32.2. The number of hydrogen-bond acceptors (Lipinski definition) is 7. The highest BCUT2D eigenvalue weighted by Gasteiger charge is 2.30. The van der Waals surface area contributed by atoms with Gasteiger partial charge in [0.1, 0.15) is 0 Å². The first-order chi connectivity index (χ1) is 13.5. The highest BCUT2D eigenvalue weighted by molar-refractivity contribution is 7.89. The molecule has 0 bridgehead atoms. The first-order valence-corrected chi connectivity index (χ1v) is 11.1. The van der Waals surface area contributed by atoms with E-state index in [2.05, 4.69) is 9.88 Å². The van der Waals surface area contributed by atoms with Crippen LogP contribution in [0.4, 0.5) is 5.13 Å². The zero-order chi connectivity index (χ0) is 19.7. The van der Waals surface area contributed by atoms with Crippen molar-refractivity contribution in [1.29, 1.82) is 0 Å². The van der Waals surface area contributed by atoms with E-state index in [0.717, 1.165) is 15.3 Å². The summed E-state index contributed by atoms with van der Waals surface area (Å²) in [5.74, 6) is 0.902. The number of fused-ring (bicyclic) bond motifs is 1. The average molecular weight is 420 g/mol. The van der Waals surface area contributed by atoms with Gasteiger partial charge in [0.2, 0.25) is 10.0 Å². The summed E-state index contributed by atoms with van der Waals surface area (Å²) in [6, 6.07) is 12.7. The van der Waals surface area contributed by atoms with E-state index >= 15 is 0 Å². The Labute approximate surface area is 168 Å². The van der Waals surface area contributed by atoms with Crippen LogP contribution in [0.25, 0.3) is 10.2 Å². The summed E-state index contributed by atoms with van der Waals surface area (Å²) < 4.78 is 39.2. The summed E-state index contributed by atoms with van der Waals surface area (Å²) in [5, 5.41) is 0.935. The predicted molar refractivity (Wildman–Crippen MR) is 110 cm³/mol. The highest BCUT2D eigenvalue weighted by Crippen LogP contribution is 2.32. The van der Waals surface area contributed by atoms with Crippen molar-refractivity contribution in [3.05, 3.63) is 42.5 Å². The van der Waals surface area contributed by atoms with Crippen LogP contribution in [0.5, 0.6) is 11.5 Å². The van der Waals surface area contributed by atoms with Crippen LogP contribution in [0.3, 0.4) is 0 Å². The Morgan fingerprint density at radius 2 is 1.68 bits per heavy atom. The third-order valence-electron chi connectivity index (χ3n) is 4.78. The van der Waals surface area contributed by atoms with Gasteiger partial charge in [0.05, 0.1) is 29.3 Å². The van der Waals surface area contributed by atoms with Crippen molar-refractivity contribution in [3.63, 3.8) is 0 Å². The van der Waals surface area contributed by atoms with Crippen LogP contribution in [-0.2, 0) is 10.0 Å². The number of piperazine rings is 1. The van der Waals surface area contributed by atoms with Gasteiger partial charge in [-0.1, -0.05) is 23.5 Å². The van der Waals surface area contributed by atoms with Crippen molar-refractivity contribution in [2.45, 2.75) is 4.90 Å². The fourth-order valence-corrected chi connectivity index (χ4v) is 5.70. The maximum absolute atomic E-state index is 13.0. The van der Waals surface area contributed by atoms with E-state index in [-0.39, 0.29) is 4.90 Å². The topological polar surface area (TPSA) is 72.0 Å². The second-order valence-electron chi connectivity index (χ2n) is 6.37. The molecule has 1 aromatic heterocycles. The van der Waals surface area contributed by atoms with Gasteiger partial charge in [0.15, 0.2) is 16.6 Å². The lowest BCUT2D eigenvalue weighted by Crippen LogP contribution is -2.48. The molecule has 3 aromatic rings. The molecule has 2 aromatic carbocycles. The van der Waals surface area contributed by atoms with E-state index in [1.54, 1.807) is 23.5 Å². The van der Waals surface area contributed by atoms with Gasteiger partial charge >= 0.3 is 0 Å². The Morgan fingerprint density at radius 3 is 2.36 bits per heavy atom. The first kappa shape index (κ1) is 19.0. The molecular weight excluding hydrogens is 398 g/mol. The molecule has 0 radical (unpaired) electrons. The normalized spacial score (nSPS) is 15.7. The molecule has 7 nitrogen and oxygen atoms in total. The van der Waals surface area contributed by atoms with Gasteiger partial charge in [-0.05, 0) is 24.3 Å². The lowest BCUT2D eigenvalue weighted by molar-refractivity contribution is 0.353. The molecule has 1 saturated heterocycles. The molecule has 4 rings (SSSR count). The Morgan fingerprint density at radius 1 is 0.964 bits per heavy atom. The molecule has 0 N–H and O–H groups in total. The zero-order valence-electron chi connectivity index (χ0n) is 15.7. The fourth-order valence-electron chi connectivity index (χ4n) is 3.24. The Balaban J connectivity index is 1.51. The molecule has 0 atom stereocenters. The van der Waals surface area contributed by atoms with Gasteiger partial charge in [-0.2, -0.15) is 4.31 Å². The molecular formula is C19H21N3O4S2. The van der Waals surface area contributed by atoms with E-state index in [9.17, 15) is 8.42 Å². The summed E-state index contributed by atoms with van der Waals surface area (Å²) in [6.07, 6.45) is 0. The molecule has 1 aliphatic heterocycles. The van der Waals surface area contributed by atoms with Crippen molar-refractivity contribution >= 4 is 36.7 Å². The number of sulfonamides is 1. The largest absolute Gasteiger partial charge is 0.493 e. The van der Waals surface area contributed by atoms with E-state index in [4.69, 9.17) is 9.47 Å². The number of aromatic nitrogens is 1. The molecule has 0 saturated carbocycles. The third kappa shape index (κ3) is 3.41. The summed E-state index contributed by atoms with van der Waals surface area (Å²) >= 11 is 1.63. The predicted octanol–water partition coefficient (Wildman–Crippen LogP) is 2.82. The van der Waals surface area contributed by atoms with Gasteiger partial charge in [-0.15, -0.1) is 0 Å². The van der Waals surface area contributed by atoms with Crippen LogP contribution in [0.2, 0.25) is 0 Å². The number of benzene rings is 2. The Kier molecular flexibility index (Phi) is 5.13. The number of rotatable bonds is 5. The van der Waals surface area contributed by atoms with Gasteiger partial charge in [-0.3, -0.25) is 0 Å². The Hall–Kier alpha value is -2.36.